The van der Waals surface area contributed by atoms with Crippen molar-refractivity contribution in [3.05, 3.63) is 83.0 Å². The molecular formula is C44H52ClN8O7P. The molecule has 15 nitrogen and oxygen atoms in total. The number of aromatic nitrogens is 2. The summed E-state index contributed by atoms with van der Waals surface area (Å²) in [7, 11) is -0.948. The van der Waals surface area contributed by atoms with Crippen molar-refractivity contribution in [2.45, 2.75) is 76.4 Å². The molecule has 3 aliphatic rings. The molecule has 2 saturated heterocycles. The number of benzene rings is 3. The predicted octanol–water partition coefficient (Wildman–Crippen LogP) is 6.75. The number of nitrogens with one attached hydrogen (secondary N) is 4. The quantitative estimate of drug-likeness (QED) is 0.0498. The summed E-state index contributed by atoms with van der Waals surface area (Å²) in [5.41, 5.74) is 3.66. The number of carbonyl (C=O) groups excluding carboxylic acids is 4. The van der Waals surface area contributed by atoms with Crippen molar-refractivity contribution in [3.8, 4) is 11.5 Å². The minimum Gasteiger partial charge on any atom is -0.494 e. The van der Waals surface area contributed by atoms with Crippen LogP contribution in [-0.4, -0.2) is 90.7 Å². The van der Waals surface area contributed by atoms with Gasteiger partial charge in [-0.25, -0.2) is 4.98 Å². The highest BCUT2D eigenvalue weighted by molar-refractivity contribution is 7.70. The molecule has 2 fully saturated rings. The van der Waals surface area contributed by atoms with Crippen molar-refractivity contribution in [2.24, 2.45) is 0 Å². The second-order valence-corrected chi connectivity index (χ2v) is 19.5. The third kappa shape index (κ3) is 10.6. The Morgan fingerprint density at radius 1 is 0.934 bits per heavy atom. The fourth-order valence-corrected chi connectivity index (χ4v) is 9.28. The smallest absolute Gasteiger partial charge is 0.255 e. The summed E-state index contributed by atoms with van der Waals surface area (Å²) in [6.07, 6.45) is 7.56. The molecule has 4 heterocycles. The van der Waals surface area contributed by atoms with Crippen molar-refractivity contribution in [2.75, 3.05) is 55.7 Å². The highest BCUT2D eigenvalue weighted by atomic mass is 35.5. The molecule has 0 saturated carbocycles. The molecule has 0 spiro atoms. The molecule has 0 bridgehead atoms. The van der Waals surface area contributed by atoms with Crippen LogP contribution in [0.4, 0.5) is 28.8 Å². The number of methoxy groups -OCH3 is 1. The van der Waals surface area contributed by atoms with Crippen LogP contribution in [-0.2, 0) is 25.5 Å². The number of ether oxygens (including phenoxy) is 2. The zero-order valence-electron chi connectivity index (χ0n) is 34.7. The first-order valence-electron chi connectivity index (χ1n) is 20.7. The van der Waals surface area contributed by atoms with Crippen LogP contribution >= 0.6 is 18.7 Å². The van der Waals surface area contributed by atoms with Gasteiger partial charge in [0, 0.05) is 60.2 Å². The molecule has 0 aliphatic carbocycles. The molecule has 1 aromatic heterocycles. The van der Waals surface area contributed by atoms with Crippen molar-refractivity contribution >= 4 is 76.5 Å². The standard InChI is InChI=1S/C44H52ClN8O7P/c1-59-37-25-29(16-17-33(37)49-44-46-26-32(45)41(51-44)48-34-12-7-8-14-38(34)61(2,3)58)52-22-20-28(21-23-52)47-39(54)15-6-4-5-9-24-60-36-13-10-11-30-31(36)27-53(43(30)57)35-18-19-40(55)50-42(35)56/h7-8,10-14,16-17,25-26,28,35H,4-6,9,15,18-24,27H2,1-3H3,(H,47,54)(H,50,55,56)(H2,46,48,49,51). The number of hydrogen-bond donors (Lipinski definition) is 4. The van der Waals surface area contributed by atoms with E-state index in [4.69, 9.17) is 21.1 Å². The molecule has 4 N–H and O–H groups in total. The van der Waals surface area contributed by atoms with E-state index in [2.05, 4.69) is 36.1 Å². The number of imide groups is 1. The van der Waals surface area contributed by atoms with Crippen molar-refractivity contribution in [3.63, 3.8) is 0 Å². The van der Waals surface area contributed by atoms with Crippen LogP contribution in [0.15, 0.2) is 66.9 Å². The van der Waals surface area contributed by atoms with Gasteiger partial charge < -0.3 is 39.8 Å². The maximum atomic E-state index is 13.1. The minimum absolute atomic E-state index is 0.0691. The Hall–Kier alpha value is -5.66. The molecule has 4 aromatic rings. The molecular weight excluding hydrogens is 819 g/mol. The number of nitrogens with zero attached hydrogens (tertiary/aromatic N) is 4. The van der Waals surface area contributed by atoms with Gasteiger partial charge in [-0.1, -0.05) is 42.6 Å². The zero-order chi connectivity index (χ0) is 43.1. The van der Waals surface area contributed by atoms with Crippen molar-refractivity contribution in [1.29, 1.82) is 0 Å². The van der Waals surface area contributed by atoms with Crippen molar-refractivity contribution < 1.29 is 33.2 Å². The topological polar surface area (TPSA) is 184 Å². The van der Waals surface area contributed by atoms with E-state index >= 15 is 0 Å². The average molecular weight is 871 g/mol. The number of fused-ring (bicyclic) bond motifs is 1. The van der Waals surface area contributed by atoms with Crippen LogP contribution in [0.5, 0.6) is 11.5 Å². The van der Waals surface area contributed by atoms with E-state index in [1.54, 1.807) is 32.6 Å². The second kappa shape index (κ2) is 19.4. The SMILES string of the molecule is COc1cc(N2CCC(NC(=O)CCCCCCOc3cccc4c3CN(C3CCC(=O)NC3=O)C4=O)CC2)ccc1Nc1ncc(Cl)c(Nc2ccccc2P(C)(C)=O)n1. The van der Waals surface area contributed by atoms with E-state index in [0.717, 1.165) is 62.9 Å². The highest BCUT2D eigenvalue weighted by Gasteiger charge is 2.40. The van der Waals surface area contributed by atoms with E-state index in [0.29, 0.717) is 70.0 Å². The van der Waals surface area contributed by atoms with Gasteiger partial charge in [0.2, 0.25) is 23.7 Å². The number of halogens is 1. The van der Waals surface area contributed by atoms with E-state index in [1.807, 2.05) is 48.5 Å². The number of hydrogen-bond acceptors (Lipinski definition) is 12. The van der Waals surface area contributed by atoms with Gasteiger partial charge in [-0.05, 0) is 81.8 Å². The van der Waals surface area contributed by atoms with Crippen LogP contribution in [0.25, 0.3) is 0 Å². The van der Waals surface area contributed by atoms with E-state index < -0.39 is 19.1 Å². The van der Waals surface area contributed by atoms with E-state index in [1.165, 1.54) is 11.1 Å². The molecule has 61 heavy (non-hydrogen) atoms. The van der Waals surface area contributed by atoms with Crippen LogP contribution in [0.1, 0.15) is 73.7 Å². The number of unbranched alkanes of at least 4 members (excludes halogenated alkanes) is 3. The van der Waals surface area contributed by atoms with Gasteiger partial charge in [-0.3, -0.25) is 24.5 Å². The number of para-hydroxylation sites is 1. The number of rotatable bonds is 17. The van der Waals surface area contributed by atoms with Gasteiger partial charge >= 0.3 is 0 Å². The molecule has 7 rings (SSSR count). The molecule has 1 unspecified atom stereocenters. The van der Waals surface area contributed by atoms with E-state index in [9.17, 15) is 23.7 Å². The average Bonchev–Trinajstić information content (AvgIpc) is 3.58. The molecule has 3 aromatic carbocycles. The summed E-state index contributed by atoms with van der Waals surface area (Å²) in [5, 5.41) is 13.0. The van der Waals surface area contributed by atoms with Crippen LogP contribution in [0.2, 0.25) is 5.02 Å². The van der Waals surface area contributed by atoms with Crippen LogP contribution in [0.3, 0.4) is 0 Å². The van der Waals surface area contributed by atoms with Gasteiger partial charge in [0.05, 0.1) is 37.8 Å². The first-order chi connectivity index (χ1) is 29.4. The summed E-state index contributed by atoms with van der Waals surface area (Å²) < 4.78 is 24.7. The van der Waals surface area contributed by atoms with Crippen molar-refractivity contribution in [1.82, 2.24) is 25.5 Å². The molecule has 1 atom stereocenters. The van der Waals surface area contributed by atoms with Crippen LogP contribution in [0, 0.1) is 0 Å². The lowest BCUT2D eigenvalue weighted by atomic mass is 10.0. The Balaban J connectivity index is 0.814. The summed E-state index contributed by atoms with van der Waals surface area (Å²) >= 11 is 6.46. The van der Waals surface area contributed by atoms with Crippen LogP contribution < -0.4 is 40.9 Å². The summed E-state index contributed by atoms with van der Waals surface area (Å²) in [6, 6.07) is 18.1. The maximum absolute atomic E-state index is 13.1. The molecule has 3 aliphatic heterocycles. The van der Waals surface area contributed by atoms with Gasteiger partial charge in [-0.2, -0.15) is 4.98 Å². The molecule has 17 heteroatoms. The largest absolute Gasteiger partial charge is 0.494 e. The van der Waals surface area contributed by atoms with Gasteiger partial charge in [0.1, 0.15) is 29.7 Å². The summed E-state index contributed by atoms with van der Waals surface area (Å²) in [5.74, 6) is 1.05. The monoisotopic (exact) mass is 870 g/mol. The Morgan fingerprint density at radius 3 is 2.49 bits per heavy atom. The lowest BCUT2D eigenvalue weighted by molar-refractivity contribution is -0.137. The second-order valence-electron chi connectivity index (χ2n) is 15.9. The molecule has 0 radical (unpaired) electrons. The summed E-state index contributed by atoms with van der Waals surface area (Å²) in [4.78, 5) is 62.7. The Labute approximate surface area is 360 Å². The molecule has 322 valence electrons. The fraction of sp³-hybridized carbons (Fsp3) is 0.409. The number of piperidine rings is 2. The van der Waals surface area contributed by atoms with E-state index in [-0.39, 0.29) is 36.7 Å². The van der Waals surface area contributed by atoms with Gasteiger partial charge in [0.15, 0.2) is 5.82 Å². The maximum Gasteiger partial charge on any atom is 0.255 e. The number of amides is 4. The predicted molar refractivity (Wildman–Crippen MR) is 237 cm³/mol. The fourth-order valence-electron chi connectivity index (χ4n) is 7.99. The summed E-state index contributed by atoms with van der Waals surface area (Å²) in [6.45, 7) is 5.76. The van der Waals surface area contributed by atoms with Gasteiger partial charge in [0.25, 0.3) is 5.91 Å². The lowest BCUT2D eigenvalue weighted by Gasteiger charge is -2.34. The number of anilines is 5. The minimum atomic E-state index is -2.56. The zero-order valence-corrected chi connectivity index (χ0v) is 36.3. The first kappa shape index (κ1) is 43.4. The Bertz CT molecular complexity index is 2330. The third-order valence-corrected chi connectivity index (χ3v) is 13.1. The first-order valence-corrected chi connectivity index (χ1v) is 23.7. The third-order valence-electron chi connectivity index (χ3n) is 11.2. The molecule has 4 amide bonds. The highest BCUT2D eigenvalue weighted by Crippen LogP contribution is 2.39. The lowest BCUT2D eigenvalue weighted by Crippen LogP contribution is -2.52. The van der Waals surface area contributed by atoms with Gasteiger partial charge in [-0.15, -0.1) is 0 Å². The Morgan fingerprint density at radius 2 is 1.72 bits per heavy atom. The normalized spacial score (nSPS) is 16.9. The Kier molecular flexibility index (Phi) is 13.8. The number of carbonyl (C=O) groups is 4.